The molecule has 0 saturated carbocycles. The molecule has 0 bridgehead atoms. The minimum absolute atomic E-state index is 0.0289. The minimum Gasteiger partial charge on any atom is -0.476 e. The number of ether oxygens (including phenoxy) is 1. The smallest absolute Gasteiger partial charge is 0.409 e. The zero-order chi connectivity index (χ0) is 21.4. The van der Waals surface area contributed by atoms with E-state index >= 15 is 0 Å². The van der Waals surface area contributed by atoms with E-state index in [0.717, 1.165) is 6.39 Å². The molecular weight excluding hydrogens is 396 g/mol. The molecule has 1 aliphatic heterocycles. The number of carbonyl (C=O) groups excluding carboxylic acids is 1. The predicted molar refractivity (Wildman–Crippen MR) is 112 cm³/mol. The second kappa shape index (κ2) is 7.91. The molecule has 1 amide bonds. The Hall–Kier alpha value is -3.61. The van der Waals surface area contributed by atoms with Crippen molar-refractivity contribution in [2.24, 2.45) is 0 Å². The van der Waals surface area contributed by atoms with Crippen LogP contribution in [0.4, 0.5) is 4.79 Å². The average Bonchev–Trinajstić information content (AvgIpc) is 3.41. The Morgan fingerprint density at radius 2 is 1.65 bits per heavy atom. The van der Waals surface area contributed by atoms with Gasteiger partial charge in [-0.05, 0) is 35.1 Å². The number of nitrogens with zero attached hydrogens (tertiary/aromatic N) is 2. The topological polar surface area (TPSA) is 92.9 Å². The van der Waals surface area contributed by atoms with E-state index in [-0.39, 0.29) is 30.2 Å². The van der Waals surface area contributed by atoms with Gasteiger partial charge in [0.25, 0.3) is 0 Å². The van der Waals surface area contributed by atoms with Gasteiger partial charge in [0, 0.05) is 24.9 Å². The molecule has 3 aromatic rings. The summed E-state index contributed by atoms with van der Waals surface area (Å²) in [6.45, 7) is 1.26. The Morgan fingerprint density at radius 3 is 2.26 bits per heavy atom. The number of aromatic carboxylic acids is 1. The maximum Gasteiger partial charge on any atom is 0.409 e. The van der Waals surface area contributed by atoms with Crippen molar-refractivity contribution in [2.75, 3.05) is 19.7 Å². The van der Waals surface area contributed by atoms with Crippen molar-refractivity contribution in [3.05, 3.63) is 77.5 Å². The summed E-state index contributed by atoms with van der Waals surface area (Å²) in [5, 5.41) is 9.23. The molecule has 0 spiro atoms. The first-order valence-corrected chi connectivity index (χ1v) is 10.4. The van der Waals surface area contributed by atoms with Crippen LogP contribution in [-0.2, 0) is 4.74 Å². The van der Waals surface area contributed by atoms with Crippen molar-refractivity contribution in [3.8, 4) is 11.1 Å². The normalized spacial score (nSPS) is 16.1. The third-order valence-electron chi connectivity index (χ3n) is 6.26. The number of rotatable bonds is 4. The molecule has 2 heterocycles. The number of piperidine rings is 1. The molecule has 1 fully saturated rings. The SMILES string of the molecule is O=C(O)c1ncoc1C1CCN(C(=O)OCC2c3ccccc3-c3ccccc32)CC1. The van der Waals surface area contributed by atoms with E-state index in [9.17, 15) is 14.7 Å². The fourth-order valence-corrected chi connectivity index (χ4v) is 4.72. The van der Waals surface area contributed by atoms with Gasteiger partial charge in [-0.2, -0.15) is 0 Å². The van der Waals surface area contributed by atoms with E-state index in [4.69, 9.17) is 9.15 Å². The molecule has 7 heteroatoms. The van der Waals surface area contributed by atoms with Crippen LogP contribution < -0.4 is 0 Å². The van der Waals surface area contributed by atoms with Crippen molar-refractivity contribution in [1.82, 2.24) is 9.88 Å². The summed E-state index contributed by atoms with van der Waals surface area (Å²) in [5.41, 5.74) is 4.71. The van der Waals surface area contributed by atoms with Crippen LogP contribution >= 0.6 is 0 Å². The molecule has 158 valence electrons. The number of carboxylic acid groups (broad SMARTS) is 1. The number of hydrogen-bond donors (Lipinski definition) is 1. The van der Waals surface area contributed by atoms with Gasteiger partial charge in [0.15, 0.2) is 12.1 Å². The zero-order valence-corrected chi connectivity index (χ0v) is 16.9. The molecule has 0 unspecified atom stereocenters. The number of carboxylic acids is 1. The first-order chi connectivity index (χ1) is 15.1. The van der Waals surface area contributed by atoms with Gasteiger partial charge >= 0.3 is 12.1 Å². The molecule has 5 rings (SSSR count). The van der Waals surface area contributed by atoms with E-state index in [1.54, 1.807) is 4.90 Å². The van der Waals surface area contributed by atoms with Crippen LogP contribution in [0.3, 0.4) is 0 Å². The Kier molecular flexibility index (Phi) is 4.94. The number of benzene rings is 2. The fourth-order valence-electron chi connectivity index (χ4n) is 4.72. The van der Waals surface area contributed by atoms with Crippen molar-refractivity contribution < 1.29 is 23.8 Å². The van der Waals surface area contributed by atoms with Crippen molar-refractivity contribution in [1.29, 1.82) is 0 Å². The van der Waals surface area contributed by atoms with Crippen molar-refractivity contribution in [2.45, 2.75) is 24.7 Å². The van der Waals surface area contributed by atoms with E-state index in [0.29, 0.717) is 31.7 Å². The minimum atomic E-state index is -1.09. The molecule has 0 atom stereocenters. The van der Waals surface area contributed by atoms with Gasteiger partial charge in [-0.1, -0.05) is 48.5 Å². The van der Waals surface area contributed by atoms with Gasteiger partial charge in [-0.3, -0.25) is 0 Å². The second-order valence-corrected chi connectivity index (χ2v) is 7.94. The first kappa shape index (κ1) is 19.4. The highest BCUT2D eigenvalue weighted by molar-refractivity contribution is 5.86. The van der Waals surface area contributed by atoms with Gasteiger partial charge < -0.3 is 19.2 Å². The van der Waals surface area contributed by atoms with E-state index in [1.807, 2.05) is 24.3 Å². The molecule has 2 aromatic carbocycles. The maximum absolute atomic E-state index is 12.7. The van der Waals surface area contributed by atoms with Crippen LogP contribution in [0, 0.1) is 0 Å². The number of likely N-dealkylation sites (tertiary alicyclic amines) is 1. The number of hydrogen-bond acceptors (Lipinski definition) is 5. The lowest BCUT2D eigenvalue weighted by atomic mass is 9.93. The first-order valence-electron chi connectivity index (χ1n) is 10.4. The summed E-state index contributed by atoms with van der Waals surface area (Å²) < 4.78 is 11.0. The predicted octanol–water partition coefficient (Wildman–Crippen LogP) is 4.50. The zero-order valence-electron chi connectivity index (χ0n) is 16.9. The highest BCUT2D eigenvalue weighted by atomic mass is 16.6. The number of aromatic nitrogens is 1. The summed E-state index contributed by atoms with van der Waals surface area (Å²) in [5.74, 6) is -0.741. The lowest BCUT2D eigenvalue weighted by Crippen LogP contribution is -2.38. The van der Waals surface area contributed by atoms with Crippen LogP contribution in [-0.4, -0.2) is 46.7 Å². The summed E-state index contributed by atoms with van der Waals surface area (Å²) >= 11 is 0. The highest BCUT2D eigenvalue weighted by Gasteiger charge is 2.32. The van der Waals surface area contributed by atoms with Crippen LogP contribution in [0.15, 0.2) is 59.3 Å². The Balaban J connectivity index is 1.22. The molecule has 31 heavy (non-hydrogen) atoms. The summed E-state index contributed by atoms with van der Waals surface area (Å²) in [4.78, 5) is 29.5. The van der Waals surface area contributed by atoms with Crippen LogP contribution in [0.1, 0.15) is 52.1 Å². The summed E-state index contributed by atoms with van der Waals surface area (Å²) in [6.07, 6.45) is 2.05. The lowest BCUT2D eigenvalue weighted by Gasteiger charge is -2.30. The van der Waals surface area contributed by atoms with Gasteiger partial charge in [-0.25, -0.2) is 14.6 Å². The van der Waals surface area contributed by atoms with E-state index in [2.05, 4.69) is 29.2 Å². The third kappa shape index (κ3) is 3.46. The van der Waals surface area contributed by atoms with Crippen molar-refractivity contribution in [3.63, 3.8) is 0 Å². The average molecular weight is 418 g/mol. The number of oxazole rings is 1. The largest absolute Gasteiger partial charge is 0.476 e. The Morgan fingerprint density at radius 1 is 1.03 bits per heavy atom. The lowest BCUT2D eigenvalue weighted by molar-refractivity contribution is 0.0683. The standard InChI is InChI=1S/C24H22N2O5/c27-23(28)21-22(31-14-25-21)15-9-11-26(12-10-15)24(29)30-13-20-18-7-3-1-5-16(18)17-6-2-4-8-19(17)20/h1-8,14-15,20H,9-13H2,(H,27,28). The quantitative estimate of drug-likeness (QED) is 0.671. The Labute approximate surface area is 179 Å². The van der Waals surface area contributed by atoms with Gasteiger partial charge in [0.05, 0.1) is 0 Å². The molecule has 7 nitrogen and oxygen atoms in total. The molecule has 1 N–H and O–H groups in total. The number of fused-ring (bicyclic) bond motifs is 3. The highest BCUT2D eigenvalue weighted by Crippen LogP contribution is 2.44. The molecule has 0 radical (unpaired) electrons. The molecule has 1 aromatic heterocycles. The number of carbonyl (C=O) groups is 2. The second-order valence-electron chi connectivity index (χ2n) is 7.94. The molecule has 1 saturated heterocycles. The third-order valence-corrected chi connectivity index (χ3v) is 6.26. The van der Waals surface area contributed by atoms with Crippen LogP contribution in [0.25, 0.3) is 11.1 Å². The van der Waals surface area contributed by atoms with Crippen LogP contribution in [0.5, 0.6) is 0 Å². The molecule has 2 aliphatic rings. The molecule has 1 aliphatic carbocycles. The van der Waals surface area contributed by atoms with E-state index < -0.39 is 5.97 Å². The van der Waals surface area contributed by atoms with Crippen LogP contribution in [0.2, 0.25) is 0 Å². The summed E-state index contributed by atoms with van der Waals surface area (Å²) in [6, 6.07) is 16.5. The van der Waals surface area contributed by atoms with Gasteiger partial charge in [0.1, 0.15) is 12.4 Å². The fraction of sp³-hybridized carbons (Fsp3) is 0.292. The Bertz CT molecular complexity index is 1080. The maximum atomic E-state index is 12.7. The van der Waals surface area contributed by atoms with E-state index in [1.165, 1.54) is 22.3 Å². The summed E-state index contributed by atoms with van der Waals surface area (Å²) in [7, 11) is 0. The van der Waals surface area contributed by atoms with Crippen molar-refractivity contribution >= 4 is 12.1 Å². The number of amides is 1. The molecular formula is C24H22N2O5. The van der Waals surface area contributed by atoms with Gasteiger partial charge in [0.2, 0.25) is 0 Å². The monoisotopic (exact) mass is 418 g/mol. The van der Waals surface area contributed by atoms with Gasteiger partial charge in [-0.15, -0.1) is 0 Å².